The van der Waals surface area contributed by atoms with Crippen LogP contribution < -0.4 is 4.90 Å². The first-order chi connectivity index (χ1) is 16.6. The van der Waals surface area contributed by atoms with Gasteiger partial charge in [0.2, 0.25) is 11.8 Å². The van der Waals surface area contributed by atoms with Crippen molar-refractivity contribution in [3.63, 3.8) is 0 Å². The van der Waals surface area contributed by atoms with E-state index in [0.717, 1.165) is 30.5 Å². The summed E-state index contributed by atoms with van der Waals surface area (Å²) in [4.78, 5) is 31.1. The molecule has 1 unspecified atom stereocenters. The highest BCUT2D eigenvalue weighted by Crippen LogP contribution is 2.32. The molecule has 1 amide bonds. The van der Waals surface area contributed by atoms with Crippen molar-refractivity contribution < 1.29 is 18.3 Å². The second-order valence-electron chi connectivity index (χ2n) is 8.78. The summed E-state index contributed by atoms with van der Waals surface area (Å²) in [5.41, 5.74) is 1.95. The second kappa shape index (κ2) is 9.89. The average molecular weight is 466 g/mol. The van der Waals surface area contributed by atoms with E-state index in [1.807, 2.05) is 22.8 Å². The molecule has 2 fully saturated rings. The van der Waals surface area contributed by atoms with E-state index >= 15 is 0 Å². The Balaban J connectivity index is 1.36. The fourth-order valence-electron chi connectivity index (χ4n) is 4.55. The first-order valence-electron chi connectivity index (χ1n) is 11.8. The van der Waals surface area contributed by atoms with E-state index < -0.39 is 0 Å². The predicted molar refractivity (Wildman–Crippen MR) is 123 cm³/mol. The number of oxazole rings is 1. The van der Waals surface area contributed by atoms with Gasteiger partial charge in [0.1, 0.15) is 23.3 Å². The normalized spacial score (nSPS) is 18.8. The molecule has 8 nitrogen and oxygen atoms in total. The number of hydrogen-bond acceptors (Lipinski definition) is 7. The number of benzene rings is 1. The minimum absolute atomic E-state index is 0.144. The molecule has 5 rings (SSSR count). The Morgan fingerprint density at radius 2 is 2.00 bits per heavy atom. The Hall–Kier alpha value is -3.33. The summed E-state index contributed by atoms with van der Waals surface area (Å²) in [7, 11) is 0. The number of halogens is 1. The van der Waals surface area contributed by atoms with Crippen LogP contribution in [0.2, 0.25) is 0 Å². The quantitative estimate of drug-likeness (QED) is 0.568. The van der Waals surface area contributed by atoms with E-state index in [-0.39, 0.29) is 17.8 Å². The Morgan fingerprint density at radius 1 is 1.15 bits per heavy atom. The summed E-state index contributed by atoms with van der Waals surface area (Å²) in [5, 5.41) is 0. The maximum absolute atomic E-state index is 13.6. The molecule has 2 saturated heterocycles. The molecule has 2 aromatic heterocycles. The second-order valence-corrected chi connectivity index (χ2v) is 8.78. The van der Waals surface area contributed by atoms with Gasteiger partial charge in [-0.2, -0.15) is 0 Å². The van der Waals surface area contributed by atoms with Crippen molar-refractivity contribution in [2.24, 2.45) is 0 Å². The molecule has 0 bridgehead atoms. The number of anilines is 1. The molecule has 2 aliphatic rings. The van der Waals surface area contributed by atoms with Gasteiger partial charge in [-0.15, -0.1) is 0 Å². The molecule has 34 heavy (non-hydrogen) atoms. The highest BCUT2D eigenvalue weighted by atomic mass is 19.1. The van der Waals surface area contributed by atoms with Crippen LogP contribution in [0.15, 0.2) is 40.9 Å². The molecule has 9 heteroatoms. The molecule has 0 spiro atoms. The third-order valence-electron chi connectivity index (χ3n) is 6.24. The van der Waals surface area contributed by atoms with Crippen LogP contribution >= 0.6 is 0 Å². The van der Waals surface area contributed by atoms with Gasteiger partial charge in [0.25, 0.3) is 5.91 Å². The summed E-state index contributed by atoms with van der Waals surface area (Å²) in [6.45, 7) is 5.14. The molecule has 0 saturated carbocycles. The fraction of sp³-hybridized carbons (Fsp3) is 0.440. The standard InChI is InChI=1S/C25H28FN5O3/c1-17-13-21(29-25(28-17)30-9-11-33-12-10-30)24(32)31-8-3-2-7-22(31)23-27-16-20(34-23)15-18-5-4-6-19(26)14-18/h4-6,13-14,16,22H,2-3,7-12,15H2,1H3. The number of carbonyl (C=O) groups excluding carboxylic acids is 1. The van der Waals surface area contributed by atoms with Crippen molar-refractivity contribution in [3.8, 4) is 0 Å². The van der Waals surface area contributed by atoms with Crippen molar-refractivity contribution in [2.75, 3.05) is 37.7 Å². The zero-order chi connectivity index (χ0) is 23.5. The zero-order valence-electron chi connectivity index (χ0n) is 19.2. The third kappa shape index (κ3) is 4.94. The molecule has 0 N–H and O–H groups in total. The molecular weight excluding hydrogens is 437 g/mol. The van der Waals surface area contributed by atoms with Crippen molar-refractivity contribution in [1.82, 2.24) is 19.9 Å². The maximum Gasteiger partial charge on any atom is 0.273 e. The Morgan fingerprint density at radius 3 is 2.82 bits per heavy atom. The van der Waals surface area contributed by atoms with Gasteiger partial charge in [-0.05, 0) is 49.9 Å². The maximum atomic E-state index is 13.6. The van der Waals surface area contributed by atoms with Crippen LogP contribution in [0, 0.1) is 12.7 Å². The van der Waals surface area contributed by atoms with Crippen LogP contribution in [0.5, 0.6) is 0 Å². The molecule has 0 radical (unpaired) electrons. The molecule has 178 valence electrons. The number of amides is 1. The van der Waals surface area contributed by atoms with Crippen LogP contribution in [0.4, 0.5) is 10.3 Å². The van der Waals surface area contributed by atoms with Crippen molar-refractivity contribution in [3.05, 3.63) is 70.9 Å². The summed E-state index contributed by atoms with van der Waals surface area (Å²) in [6, 6.07) is 7.92. The lowest BCUT2D eigenvalue weighted by molar-refractivity contribution is 0.0563. The number of morpholine rings is 1. The van der Waals surface area contributed by atoms with Gasteiger partial charge in [0.15, 0.2) is 0 Å². The highest BCUT2D eigenvalue weighted by Gasteiger charge is 2.33. The lowest BCUT2D eigenvalue weighted by Gasteiger charge is -2.34. The average Bonchev–Trinajstić information content (AvgIpc) is 3.32. The first kappa shape index (κ1) is 22.5. The highest BCUT2D eigenvalue weighted by molar-refractivity contribution is 5.93. The number of nitrogens with zero attached hydrogens (tertiary/aromatic N) is 5. The molecule has 0 aliphatic carbocycles. The van der Waals surface area contributed by atoms with E-state index in [2.05, 4.69) is 15.0 Å². The van der Waals surface area contributed by atoms with E-state index in [1.165, 1.54) is 12.1 Å². The van der Waals surface area contributed by atoms with Gasteiger partial charge in [-0.1, -0.05) is 12.1 Å². The summed E-state index contributed by atoms with van der Waals surface area (Å²) in [5.74, 6) is 1.30. The van der Waals surface area contributed by atoms with Crippen molar-refractivity contribution >= 4 is 11.9 Å². The number of ether oxygens (including phenoxy) is 1. The molecule has 4 heterocycles. The van der Waals surface area contributed by atoms with E-state index in [0.29, 0.717) is 62.6 Å². The lowest BCUT2D eigenvalue weighted by atomic mass is 10.0. The third-order valence-corrected chi connectivity index (χ3v) is 6.24. The van der Waals surface area contributed by atoms with E-state index in [4.69, 9.17) is 9.15 Å². The van der Waals surface area contributed by atoms with E-state index in [1.54, 1.807) is 18.3 Å². The van der Waals surface area contributed by atoms with Crippen molar-refractivity contribution in [2.45, 2.75) is 38.6 Å². The number of carbonyl (C=O) groups is 1. The van der Waals surface area contributed by atoms with Crippen LogP contribution in [0.3, 0.4) is 0 Å². The van der Waals surface area contributed by atoms with Crippen molar-refractivity contribution in [1.29, 1.82) is 0 Å². The number of rotatable bonds is 5. The van der Waals surface area contributed by atoms with Crippen LogP contribution in [-0.2, 0) is 11.2 Å². The number of hydrogen-bond donors (Lipinski definition) is 0. The van der Waals surface area contributed by atoms with Crippen LogP contribution in [0.25, 0.3) is 0 Å². The molecule has 1 atom stereocenters. The van der Waals surface area contributed by atoms with Gasteiger partial charge < -0.3 is 19.0 Å². The number of aryl methyl sites for hydroxylation is 1. The Bertz CT molecular complexity index is 1160. The first-order valence-corrected chi connectivity index (χ1v) is 11.8. The smallest absolute Gasteiger partial charge is 0.273 e. The number of aromatic nitrogens is 3. The van der Waals surface area contributed by atoms with Gasteiger partial charge in [0.05, 0.1) is 19.4 Å². The van der Waals surface area contributed by atoms with Gasteiger partial charge in [0, 0.05) is 31.7 Å². The number of likely N-dealkylation sites (tertiary alicyclic amines) is 1. The minimum Gasteiger partial charge on any atom is -0.443 e. The van der Waals surface area contributed by atoms with Gasteiger partial charge in [-0.3, -0.25) is 4.79 Å². The fourth-order valence-corrected chi connectivity index (χ4v) is 4.55. The minimum atomic E-state index is -0.280. The predicted octanol–water partition coefficient (Wildman–Crippen LogP) is 3.71. The molecule has 1 aromatic carbocycles. The van der Waals surface area contributed by atoms with Gasteiger partial charge >= 0.3 is 0 Å². The molecular formula is C25H28FN5O3. The lowest BCUT2D eigenvalue weighted by Crippen LogP contribution is -2.40. The topological polar surface area (TPSA) is 84.6 Å². The van der Waals surface area contributed by atoms with Gasteiger partial charge in [-0.25, -0.2) is 19.3 Å². The van der Waals surface area contributed by atoms with Crippen LogP contribution in [0.1, 0.15) is 58.7 Å². The summed E-state index contributed by atoms with van der Waals surface area (Å²) in [6.07, 6.45) is 4.78. The molecule has 2 aliphatic heterocycles. The van der Waals surface area contributed by atoms with Crippen LogP contribution in [-0.4, -0.2) is 58.6 Å². The van der Waals surface area contributed by atoms with E-state index in [9.17, 15) is 9.18 Å². The largest absolute Gasteiger partial charge is 0.443 e. The summed E-state index contributed by atoms with van der Waals surface area (Å²) >= 11 is 0. The molecule has 3 aromatic rings. The Kier molecular flexibility index (Phi) is 6.53. The zero-order valence-corrected chi connectivity index (χ0v) is 19.2. The SMILES string of the molecule is Cc1cc(C(=O)N2CCCCC2c2ncc(Cc3cccc(F)c3)o2)nc(N2CCOCC2)n1. The summed E-state index contributed by atoms with van der Waals surface area (Å²) < 4.78 is 25.0. The number of piperidine rings is 1. The monoisotopic (exact) mass is 465 g/mol. The Labute approximate surface area is 197 Å².